The summed E-state index contributed by atoms with van der Waals surface area (Å²) in [6, 6.07) is 14.1. The molecule has 3 nitrogen and oxygen atoms in total. The quantitative estimate of drug-likeness (QED) is 0.446. The number of halogens is 1. The lowest BCUT2D eigenvalue weighted by atomic mass is 9.84. The minimum Gasteiger partial charge on any atom is -0.490 e. The topological polar surface area (TPSA) is 27.7 Å². The molecular formula is C31H45FO3. The Hall–Kier alpha value is -1.91. The molecule has 0 amide bonds. The summed E-state index contributed by atoms with van der Waals surface area (Å²) in [6.07, 6.45) is 5.63. The molecule has 2 heterocycles. The van der Waals surface area contributed by atoms with Crippen LogP contribution in [0.1, 0.15) is 83.9 Å². The second kappa shape index (κ2) is 12.4. The standard InChI is InChI=1S/C16H23FO.C15H22O2/c1-16(2,3)14-11-13(4-5-15(14)17)10-12-6-8-18-9-7-12;1-15(2,3)12-4-6-13(7-5-12)17-14-8-10-16-11-9-14/h4-5,11-12H,6-10H2,1-3H3;4-7,14H,8-11H2,1-3H3. The summed E-state index contributed by atoms with van der Waals surface area (Å²) in [5.41, 5.74) is 3.50. The maximum Gasteiger partial charge on any atom is 0.126 e. The average molecular weight is 485 g/mol. The third-order valence-electron chi connectivity index (χ3n) is 6.90. The van der Waals surface area contributed by atoms with Crippen molar-refractivity contribution >= 4 is 0 Å². The monoisotopic (exact) mass is 484 g/mol. The maximum atomic E-state index is 13.8. The molecule has 4 rings (SSSR count). The molecule has 2 aromatic carbocycles. The second-order valence-electron chi connectivity index (χ2n) is 12.0. The molecule has 0 saturated carbocycles. The first-order chi connectivity index (χ1) is 16.5. The van der Waals surface area contributed by atoms with Crippen LogP contribution in [0.25, 0.3) is 0 Å². The van der Waals surface area contributed by atoms with E-state index in [2.05, 4.69) is 65.8 Å². The van der Waals surface area contributed by atoms with Gasteiger partial charge in [-0.1, -0.05) is 65.8 Å². The Morgan fingerprint density at radius 3 is 1.89 bits per heavy atom. The summed E-state index contributed by atoms with van der Waals surface area (Å²) >= 11 is 0. The van der Waals surface area contributed by atoms with Crippen molar-refractivity contribution in [1.82, 2.24) is 0 Å². The summed E-state index contributed by atoms with van der Waals surface area (Å²) in [5, 5.41) is 0. The smallest absolute Gasteiger partial charge is 0.126 e. The molecule has 2 fully saturated rings. The van der Waals surface area contributed by atoms with Gasteiger partial charge in [0.15, 0.2) is 0 Å². The number of hydrogen-bond donors (Lipinski definition) is 0. The fourth-order valence-corrected chi connectivity index (χ4v) is 4.58. The zero-order chi connectivity index (χ0) is 25.5. The third-order valence-corrected chi connectivity index (χ3v) is 6.90. The lowest BCUT2D eigenvalue weighted by Gasteiger charge is -2.24. The van der Waals surface area contributed by atoms with E-state index in [0.717, 1.165) is 69.8 Å². The lowest BCUT2D eigenvalue weighted by Crippen LogP contribution is -2.25. The molecule has 2 aliphatic rings. The van der Waals surface area contributed by atoms with Gasteiger partial charge in [0.25, 0.3) is 0 Å². The summed E-state index contributed by atoms with van der Waals surface area (Å²) < 4.78 is 30.5. The van der Waals surface area contributed by atoms with Crippen LogP contribution in [0.3, 0.4) is 0 Å². The van der Waals surface area contributed by atoms with Crippen molar-refractivity contribution in [2.24, 2.45) is 5.92 Å². The molecule has 0 unspecified atom stereocenters. The Balaban J connectivity index is 0.000000196. The largest absolute Gasteiger partial charge is 0.490 e. The van der Waals surface area contributed by atoms with Crippen molar-refractivity contribution in [3.05, 3.63) is 65.0 Å². The molecule has 2 saturated heterocycles. The van der Waals surface area contributed by atoms with Gasteiger partial charge in [-0.25, -0.2) is 4.39 Å². The van der Waals surface area contributed by atoms with Gasteiger partial charge in [0, 0.05) is 26.1 Å². The molecule has 35 heavy (non-hydrogen) atoms. The van der Waals surface area contributed by atoms with Crippen LogP contribution in [-0.2, 0) is 26.7 Å². The molecule has 0 N–H and O–H groups in total. The van der Waals surface area contributed by atoms with Gasteiger partial charge in [-0.2, -0.15) is 0 Å². The molecule has 0 atom stereocenters. The van der Waals surface area contributed by atoms with Crippen molar-refractivity contribution in [2.75, 3.05) is 26.4 Å². The van der Waals surface area contributed by atoms with Crippen molar-refractivity contribution < 1.29 is 18.6 Å². The molecule has 2 aliphatic heterocycles. The molecule has 2 aromatic rings. The van der Waals surface area contributed by atoms with E-state index in [9.17, 15) is 4.39 Å². The van der Waals surface area contributed by atoms with Crippen molar-refractivity contribution in [3.63, 3.8) is 0 Å². The van der Waals surface area contributed by atoms with Crippen molar-refractivity contribution in [2.45, 2.75) is 90.6 Å². The Bertz CT molecular complexity index is 896. The molecule has 0 aliphatic carbocycles. The molecule has 0 aromatic heterocycles. The zero-order valence-corrected chi connectivity index (χ0v) is 22.7. The summed E-state index contributed by atoms with van der Waals surface area (Å²) in [4.78, 5) is 0. The van der Waals surface area contributed by atoms with E-state index in [1.165, 1.54) is 11.1 Å². The molecule has 0 bridgehead atoms. The highest BCUT2D eigenvalue weighted by atomic mass is 19.1. The van der Waals surface area contributed by atoms with Gasteiger partial charge in [0.1, 0.15) is 17.7 Å². The Labute approximate surface area is 212 Å². The van der Waals surface area contributed by atoms with Gasteiger partial charge >= 0.3 is 0 Å². The van der Waals surface area contributed by atoms with Gasteiger partial charge in [-0.3, -0.25) is 0 Å². The second-order valence-corrected chi connectivity index (χ2v) is 12.0. The predicted octanol–water partition coefficient (Wildman–Crippen LogP) is 7.63. The first kappa shape index (κ1) is 27.7. The number of hydrogen-bond acceptors (Lipinski definition) is 3. The Morgan fingerprint density at radius 2 is 1.34 bits per heavy atom. The lowest BCUT2D eigenvalue weighted by molar-refractivity contribution is 0.0255. The summed E-state index contributed by atoms with van der Waals surface area (Å²) in [6.45, 7) is 16.2. The molecular weight excluding hydrogens is 439 g/mol. The Morgan fingerprint density at radius 1 is 0.771 bits per heavy atom. The van der Waals surface area contributed by atoms with Crippen LogP contribution in [0, 0.1) is 11.7 Å². The van der Waals surface area contributed by atoms with E-state index in [1.807, 2.05) is 12.1 Å². The van der Waals surface area contributed by atoms with Crippen LogP contribution in [0.5, 0.6) is 5.75 Å². The van der Waals surface area contributed by atoms with E-state index in [-0.39, 0.29) is 16.6 Å². The molecule has 0 radical (unpaired) electrons. The van der Waals surface area contributed by atoms with Crippen LogP contribution in [0.15, 0.2) is 42.5 Å². The maximum absolute atomic E-state index is 13.8. The first-order valence-electron chi connectivity index (χ1n) is 13.2. The van der Waals surface area contributed by atoms with E-state index in [4.69, 9.17) is 14.2 Å². The van der Waals surface area contributed by atoms with Crippen LogP contribution in [0.2, 0.25) is 0 Å². The molecule has 194 valence electrons. The molecule has 4 heteroatoms. The van der Waals surface area contributed by atoms with Crippen LogP contribution < -0.4 is 4.74 Å². The highest BCUT2D eigenvalue weighted by molar-refractivity contribution is 5.32. The predicted molar refractivity (Wildman–Crippen MR) is 142 cm³/mol. The van der Waals surface area contributed by atoms with E-state index >= 15 is 0 Å². The van der Waals surface area contributed by atoms with Gasteiger partial charge < -0.3 is 14.2 Å². The van der Waals surface area contributed by atoms with Crippen molar-refractivity contribution in [1.29, 1.82) is 0 Å². The number of ether oxygens (including phenoxy) is 3. The van der Waals surface area contributed by atoms with Gasteiger partial charge in [0.05, 0.1) is 13.2 Å². The van der Waals surface area contributed by atoms with Crippen LogP contribution >= 0.6 is 0 Å². The van der Waals surface area contributed by atoms with E-state index < -0.39 is 0 Å². The van der Waals surface area contributed by atoms with Crippen molar-refractivity contribution in [3.8, 4) is 5.75 Å². The third kappa shape index (κ3) is 8.91. The van der Waals surface area contributed by atoms with Gasteiger partial charge in [-0.15, -0.1) is 0 Å². The number of benzene rings is 2. The minimum absolute atomic E-state index is 0.0850. The minimum atomic E-state index is -0.129. The van der Waals surface area contributed by atoms with Gasteiger partial charge in [-0.05, 0) is 70.9 Å². The fourth-order valence-electron chi connectivity index (χ4n) is 4.58. The normalized spacial score (nSPS) is 18.0. The highest BCUT2D eigenvalue weighted by Gasteiger charge is 2.21. The highest BCUT2D eigenvalue weighted by Crippen LogP contribution is 2.28. The Kier molecular flexibility index (Phi) is 9.77. The average Bonchev–Trinajstić information content (AvgIpc) is 2.81. The number of rotatable bonds is 4. The summed E-state index contributed by atoms with van der Waals surface area (Å²) in [7, 11) is 0. The van der Waals surface area contributed by atoms with Crippen LogP contribution in [0.4, 0.5) is 4.39 Å². The van der Waals surface area contributed by atoms with E-state index in [1.54, 1.807) is 6.07 Å². The van der Waals surface area contributed by atoms with E-state index in [0.29, 0.717) is 12.0 Å². The van der Waals surface area contributed by atoms with Gasteiger partial charge in [0.2, 0.25) is 0 Å². The zero-order valence-electron chi connectivity index (χ0n) is 22.7. The SMILES string of the molecule is CC(C)(C)c1cc(CC2CCOCC2)ccc1F.CC(C)(C)c1ccc(OC2CCOCC2)cc1. The van der Waals surface area contributed by atoms with Crippen LogP contribution in [-0.4, -0.2) is 32.5 Å². The summed E-state index contributed by atoms with van der Waals surface area (Å²) in [5.74, 6) is 1.58. The first-order valence-corrected chi connectivity index (χ1v) is 13.2. The molecule has 0 spiro atoms. The fraction of sp³-hybridized carbons (Fsp3) is 0.613.